The summed E-state index contributed by atoms with van der Waals surface area (Å²) in [4.78, 5) is 20.2. The van der Waals surface area contributed by atoms with Crippen molar-refractivity contribution in [3.63, 3.8) is 0 Å². The fourth-order valence-corrected chi connectivity index (χ4v) is 3.39. The quantitative estimate of drug-likeness (QED) is 0.510. The molecule has 0 aliphatic rings. The van der Waals surface area contributed by atoms with Gasteiger partial charge in [0, 0.05) is 22.3 Å². The molecule has 0 amide bonds. The van der Waals surface area contributed by atoms with Crippen molar-refractivity contribution < 1.29 is 9.90 Å². The van der Waals surface area contributed by atoms with Gasteiger partial charge >= 0.3 is 5.97 Å². The molecule has 0 atom stereocenters. The zero-order valence-electron chi connectivity index (χ0n) is 15.4. The number of nitrogens with zero attached hydrogens (tertiary/aromatic N) is 2. The SMILES string of the molecule is O=C(O)c1cccc(CCCc2cc3ccccc3c(-c3ccccc3)n2)n1. The lowest BCUT2D eigenvalue weighted by Gasteiger charge is -2.10. The summed E-state index contributed by atoms with van der Waals surface area (Å²) in [5, 5.41) is 11.4. The van der Waals surface area contributed by atoms with E-state index in [1.165, 1.54) is 11.5 Å². The lowest BCUT2D eigenvalue weighted by Crippen LogP contribution is -2.03. The van der Waals surface area contributed by atoms with Crippen LogP contribution in [-0.2, 0) is 12.8 Å². The fraction of sp³-hybridized carbons (Fsp3) is 0.125. The van der Waals surface area contributed by atoms with Gasteiger partial charge in [-0.3, -0.25) is 4.98 Å². The maximum absolute atomic E-state index is 11.1. The molecule has 2 heterocycles. The van der Waals surface area contributed by atoms with E-state index in [0.29, 0.717) is 0 Å². The maximum Gasteiger partial charge on any atom is 0.354 e. The van der Waals surface area contributed by atoms with E-state index in [1.54, 1.807) is 6.07 Å². The number of carbonyl (C=O) groups is 1. The van der Waals surface area contributed by atoms with Crippen LogP contribution >= 0.6 is 0 Å². The summed E-state index contributed by atoms with van der Waals surface area (Å²) in [6.45, 7) is 0. The Balaban J connectivity index is 1.58. The number of pyridine rings is 2. The Morgan fingerprint density at radius 2 is 1.54 bits per heavy atom. The zero-order chi connectivity index (χ0) is 19.3. The average molecular weight is 368 g/mol. The molecule has 0 radical (unpaired) electrons. The Morgan fingerprint density at radius 1 is 0.786 bits per heavy atom. The Hall–Kier alpha value is -3.53. The predicted molar refractivity (Wildman–Crippen MR) is 110 cm³/mol. The summed E-state index contributed by atoms with van der Waals surface area (Å²) in [6.07, 6.45) is 2.38. The number of rotatable bonds is 6. The molecule has 2 aromatic carbocycles. The fourth-order valence-electron chi connectivity index (χ4n) is 3.39. The first-order valence-electron chi connectivity index (χ1n) is 9.34. The molecule has 2 aromatic heterocycles. The molecule has 4 rings (SSSR count). The number of aromatic carboxylic acids is 1. The standard InChI is InChI=1S/C24H20N2O2/c27-24(28)22-15-7-12-19(25-22)11-6-13-20-16-18-10-4-5-14-21(18)23(26-20)17-8-2-1-3-9-17/h1-5,7-10,12,14-16H,6,11,13H2,(H,27,28). The van der Waals surface area contributed by atoms with Crippen LogP contribution in [0.3, 0.4) is 0 Å². The Morgan fingerprint density at radius 3 is 2.36 bits per heavy atom. The Labute approximate surface area is 163 Å². The van der Waals surface area contributed by atoms with Crippen LogP contribution in [-0.4, -0.2) is 21.0 Å². The van der Waals surface area contributed by atoms with Gasteiger partial charge in [-0.25, -0.2) is 9.78 Å². The summed E-state index contributed by atoms with van der Waals surface area (Å²) >= 11 is 0. The normalized spacial score (nSPS) is 10.9. The van der Waals surface area contributed by atoms with E-state index in [-0.39, 0.29) is 5.69 Å². The van der Waals surface area contributed by atoms with Crippen molar-refractivity contribution in [1.29, 1.82) is 0 Å². The number of aryl methyl sites for hydroxylation is 2. The molecule has 1 N–H and O–H groups in total. The van der Waals surface area contributed by atoms with Crippen LogP contribution in [0, 0.1) is 0 Å². The highest BCUT2D eigenvalue weighted by molar-refractivity contribution is 5.94. The van der Waals surface area contributed by atoms with Crippen molar-refractivity contribution >= 4 is 16.7 Å². The van der Waals surface area contributed by atoms with Crippen LogP contribution in [0.4, 0.5) is 0 Å². The van der Waals surface area contributed by atoms with Crippen molar-refractivity contribution in [3.05, 3.63) is 95.9 Å². The molecule has 4 aromatic rings. The number of hydrogen-bond acceptors (Lipinski definition) is 3. The lowest BCUT2D eigenvalue weighted by molar-refractivity contribution is 0.0690. The largest absolute Gasteiger partial charge is 0.477 e. The molecule has 4 nitrogen and oxygen atoms in total. The summed E-state index contributed by atoms with van der Waals surface area (Å²) in [5.41, 5.74) is 4.03. The first-order valence-corrected chi connectivity index (χ1v) is 9.34. The molecule has 4 heteroatoms. The number of carboxylic acids is 1. The molecule has 0 fully saturated rings. The summed E-state index contributed by atoms with van der Waals surface area (Å²) in [5.74, 6) is -0.995. The van der Waals surface area contributed by atoms with Gasteiger partial charge in [0.25, 0.3) is 0 Å². The number of aromatic nitrogens is 2. The molecule has 0 aliphatic carbocycles. The minimum absolute atomic E-state index is 0.0905. The molecule has 138 valence electrons. The third-order valence-electron chi connectivity index (χ3n) is 4.73. The van der Waals surface area contributed by atoms with Gasteiger partial charge in [0.1, 0.15) is 5.69 Å². The zero-order valence-corrected chi connectivity index (χ0v) is 15.4. The third kappa shape index (κ3) is 3.91. The predicted octanol–water partition coefficient (Wildman–Crippen LogP) is 5.17. The summed E-state index contributed by atoms with van der Waals surface area (Å²) < 4.78 is 0. The van der Waals surface area contributed by atoms with Crippen molar-refractivity contribution in [2.45, 2.75) is 19.3 Å². The molecular weight excluding hydrogens is 348 g/mol. The molecule has 0 aliphatic heterocycles. The van der Waals surface area contributed by atoms with Crippen molar-refractivity contribution in [2.75, 3.05) is 0 Å². The van der Waals surface area contributed by atoms with Crippen LogP contribution in [0.15, 0.2) is 78.9 Å². The molecular formula is C24H20N2O2. The monoisotopic (exact) mass is 368 g/mol. The molecule has 0 saturated heterocycles. The number of fused-ring (bicyclic) bond motifs is 1. The van der Waals surface area contributed by atoms with Gasteiger partial charge in [0.2, 0.25) is 0 Å². The minimum atomic E-state index is -0.995. The first-order chi connectivity index (χ1) is 13.7. The van der Waals surface area contributed by atoms with Crippen LogP contribution in [0.25, 0.3) is 22.0 Å². The van der Waals surface area contributed by atoms with Gasteiger partial charge in [-0.2, -0.15) is 0 Å². The first kappa shape index (κ1) is 17.9. The molecule has 0 spiro atoms. The van der Waals surface area contributed by atoms with Crippen LogP contribution < -0.4 is 0 Å². The van der Waals surface area contributed by atoms with Crippen molar-refractivity contribution in [1.82, 2.24) is 9.97 Å². The van der Waals surface area contributed by atoms with E-state index in [1.807, 2.05) is 36.4 Å². The van der Waals surface area contributed by atoms with Crippen LogP contribution in [0.1, 0.15) is 28.3 Å². The Bertz CT molecular complexity index is 1120. The van der Waals surface area contributed by atoms with E-state index in [0.717, 1.165) is 47.3 Å². The lowest BCUT2D eigenvalue weighted by atomic mass is 10.0. The third-order valence-corrected chi connectivity index (χ3v) is 4.73. The van der Waals surface area contributed by atoms with E-state index in [9.17, 15) is 4.79 Å². The van der Waals surface area contributed by atoms with Crippen LogP contribution in [0.2, 0.25) is 0 Å². The number of benzene rings is 2. The highest BCUT2D eigenvalue weighted by atomic mass is 16.4. The second kappa shape index (κ2) is 8.01. The van der Waals surface area contributed by atoms with Crippen LogP contribution in [0.5, 0.6) is 0 Å². The average Bonchev–Trinajstić information content (AvgIpc) is 2.74. The molecule has 0 bridgehead atoms. The van der Waals surface area contributed by atoms with Crippen molar-refractivity contribution in [2.24, 2.45) is 0 Å². The van der Waals surface area contributed by atoms with Gasteiger partial charge < -0.3 is 5.11 Å². The summed E-state index contributed by atoms with van der Waals surface area (Å²) in [6, 6.07) is 25.8. The highest BCUT2D eigenvalue weighted by Gasteiger charge is 2.09. The molecule has 0 saturated carbocycles. The van der Waals surface area contributed by atoms with E-state index >= 15 is 0 Å². The molecule has 28 heavy (non-hydrogen) atoms. The van der Waals surface area contributed by atoms with Gasteiger partial charge in [0.15, 0.2) is 0 Å². The van der Waals surface area contributed by atoms with Gasteiger partial charge in [-0.1, -0.05) is 60.7 Å². The van der Waals surface area contributed by atoms with Gasteiger partial charge in [-0.15, -0.1) is 0 Å². The van der Waals surface area contributed by atoms with E-state index in [2.05, 4.69) is 35.3 Å². The Kier molecular flexibility index (Phi) is 5.11. The highest BCUT2D eigenvalue weighted by Crippen LogP contribution is 2.27. The second-order valence-corrected chi connectivity index (χ2v) is 6.72. The minimum Gasteiger partial charge on any atom is -0.477 e. The van der Waals surface area contributed by atoms with Gasteiger partial charge in [0.05, 0.1) is 5.69 Å². The smallest absolute Gasteiger partial charge is 0.354 e. The van der Waals surface area contributed by atoms with Crippen molar-refractivity contribution in [3.8, 4) is 11.3 Å². The second-order valence-electron chi connectivity index (χ2n) is 6.72. The number of hydrogen-bond donors (Lipinski definition) is 1. The van der Waals surface area contributed by atoms with E-state index in [4.69, 9.17) is 10.1 Å². The molecule has 0 unspecified atom stereocenters. The topological polar surface area (TPSA) is 63.1 Å². The van der Waals surface area contributed by atoms with E-state index < -0.39 is 5.97 Å². The number of carboxylic acid groups (broad SMARTS) is 1. The maximum atomic E-state index is 11.1. The van der Waals surface area contributed by atoms with Gasteiger partial charge in [-0.05, 0) is 42.8 Å². The summed E-state index contributed by atoms with van der Waals surface area (Å²) in [7, 11) is 0.